The fourth-order valence-corrected chi connectivity index (χ4v) is 4.97. The predicted molar refractivity (Wildman–Crippen MR) is 109 cm³/mol. The van der Waals surface area contributed by atoms with E-state index in [9.17, 15) is 18.0 Å². The molecule has 2 aliphatic heterocycles. The van der Waals surface area contributed by atoms with E-state index < -0.39 is 11.9 Å². The molecular weight excluding hydrogens is 411 g/mol. The highest BCUT2D eigenvalue weighted by Gasteiger charge is 2.44. The normalized spacial score (nSPS) is 20.9. The van der Waals surface area contributed by atoms with Gasteiger partial charge in [0.1, 0.15) is 11.5 Å². The number of alkyl halides is 3. The fraction of sp³-hybridized carbons (Fsp3) is 0.571. The van der Waals surface area contributed by atoms with Gasteiger partial charge in [-0.15, -0.1) is 0 Å². The molecule has 2 saturated heterocycles. The van der Waals surface area contributed by atoms with Crippen LogP contribution in [-0.2, 0) is 22.7 Å². The van der Waals surface area contributed by atoms with Crippen molar-refractivity contribution in [3.8, 4) is 0 Å². The molecule has 10 heteroatoms. The molecule has 0 saturated carbocycles. The molecule has 1 aliphatic carbocycles. The van der Waals surface area contributed by atoms with Gasteiger partial charge in [-0.25, -0.2) is 9.97 Å². The Morgan fingerprint density at radius 2 is 1.74 bits per heavy atom. The molecule has 0 amide bonds. The number of nitrogens with zero attached hydrogens (tertiary/aromatic N) is 4. The minimum atomic E-state index is -4.46. The molecule has 4 heterocycles. The van der Waals surface area contributed by atoms with Crippen molar-refractivity contribution < 1.29 is 17.9 Å². The first-order chi connectivity index (χ1) is 14.9. The van der Waals surface area contributed by atoms with Crippen LogP contribution in [0.15, 0.2) is 23.0 Å². The summed E-state index contributed by atoms with van der Waals surface area (Å²) in [5, 5.41) is 0. The minimum Gasteiger partial charge on any atom is -0.378 e. The lowest BCUT2D eigenvalue weighted by Gasteiger charge is -2.40. The van der Waals surface area contributed by atoms with Crippen molar-refractivity contribution >= 4 is 11.8 Å². The van der Waals surface area contributed by atoms with Gasteiger partial charge in [0.25, 0.3) is 5.56 Å². The lowest BCUT2D eigenvalue weighted by atomic mass is 9.76. The van der Waals surface area contributed by atoms with Gasteiger partial charge in [0.15, 0.2) is 0 Å². The topological polar surface area (TPSA) is 74.3 Å². The molecule has 31 heavy (non-hydrogen) atoms. The molecule has 0 radical (unpaired) electrons. The van der Waals surface area contributed by atoms with Crippen LogP contribution in [0, 0.1) is 0 Å². The van der Waals surface area contributed by atoms with Crippen molar-refractivity contribution in [2.75, 3.05) is 49.2 Å². The molecule has 1 N–H and O–H groups in total. The van der Waals surface area contributed by atoms with E-state index in [-0.39, 0.29) is 11.0 Å². The quantitative estimate of drug-likeness (QED) is 0.782. The van der Waals surface area contributed by atoms with Gasteiger partial charge in [-0.3, -0.25) is 9.78 Å². The molecule has 0 bridgehead atoms. The number of H-pyrrole nitrogens is 1. The third kappa shape index (κ3) is 3.66. The Kier molecular flexibility index (Phi) is 4.91. The van der Waals surface area contributed by atoms with E-state index in [4.69, 9.17) is 9.72 Å². The zero-order chi connectivity index (χ0) is 21.6. The summed E-state index contributed by atoms with van der Waals surface area (Å²) in [6.07, 6.45) is -1.47. The van der Waals surface area contributed by atoms with Crippen LogP contribution in [0.1, 0.15) is 36.2 Å². The summed E-state index contributed by atoms with van der Waals surface area (Å²) < 4.78 is 44.5. The monoisotopic (exact) mass is 435 g/mol. The number of nitrogens with one attached hydrogen (secondary N) is 1. The standard InChI is InChI=1S/C21H24F3N5O2/c22-21(23,24)15-2-1-3-16(25-15)28-8-6-20(7-9-28)5-4-14-17(20)26-19(27-18(14)30)29-10-12-31-13-11-29/h1-3H,4-13H2,(H,26,27,30). The Morgan fingerprint density at radius 3 is 2.45 bits per heavy atom. The Bertz CT molecular complexity index is 1020. The van der Waals surface area contributed by atoms with E-state index in [1.165, 1.54) is 6.07 Å². The SMILES string of the molecule is O=c1[nH]c(N2CCOCC2)nc2c1CCC21CCN(c2cccc(C(F)(F)F)n2)CC1. The van der Waals surface area contributed by atoms with Crippen molar-refractivity contribution in [2.24, 2.45) is 0 Å². The summed E-state index contributed by atoms with van der Waals surface area (Å²) in [6, 6.07) is 4.01. The second kappa shape index (κ2) is 7.51. The van der Waals surface area contributed by atoms with Gasteiger partial charge in [0.2, 0.25) is 5.95 Å². The Hall–Kier alpha value is -2.62. The van der Waals surface area contributed by atoms with Gasteiger partial charge in [-0.05, 0) is 37.8 Å². The summed E-state index contributed by atoms with van der Waals surface area (Å²) in [7, 11) is 0. The first-order valence-corrected chi connectivity index (χ1v) is 10.6. The summed E-state index contributed by atoms with van der Waals surface area (Å²) in [5.74, 6) is 0.936. The van der Waals surface area contributed by atoms with Gasteiger partial charge in [0, 0.05) is 37.2 Å². The number of morpholine rings is 1. The smallest absolute Gasteiger partial charge is 0.378 e. The minimum absolute atomic E-state index is 0.0784. The Morgan fingerprint density at radius 1 is 1.00 bits per heavy atom. The summed E-state index contributed by atoms with van der Waals surface area (Å²) in [4.78, 5) is 28.3. The van der Waals surface area contributed by atoms with Crippen LogP contribution in [0.4, 0.5) is 24.9 Å². The average molecular weight is 435 g/mol. The van der Waals surface area contributed by atoms with Crippen LogP contribution in [-0.4, -0.2) is 54.3 Å². The van der Waals surface area contributed by atoms with Crippen LogP contribution in [0.3, 0.4) is 0 Å². The maximum atomic E-state index is 13.0. The molecule has 3 aliphatic rings. The molecule has 2 fully saturated rings. The van der Waals surface area contributed by atoms with Crippen molar-refractivity contribution in [2.45, 2.75) is 37.3 Å². The summed E-state index contributed by atoms with van der Waals surface area (Å²) >= 11 is 0. The average Bonchev–Trinajstić information content (AvgIpc) is 3.13. The zero-order valence-corrected chi connectivity index (χ0v) is 17.0. The third-order valence-corrected chi connectivity index (χ3v) is 6.74. The first-order valence-electron chi connectivity index (χ1n) is 10.6. The number of pyridine rings is 1. The molecule has 0 aromatic carbocycles. The number of hydrogen-bond donors (Lipinski definition) is 1. The highest BCUT2D eigenvalue weighted by molar-refractivity contribution is 5.44. The molecule has 166 valence electrons. The third-order valence-electron chi connectivity index (χ3n) is 6.74. The number of piperidine rings is 1. The second-order valence-electron chi connectivity index (χ2n) is 8.46. The lowest BCUT2D eigenvalue weighted by Crippen LogP contribution is -2.43. The van der Waals surface area contributed by atoms with E-state index in [1.54, 1.807) is 6.07 Å². The van der Waals surface area contributed by atoms with E-state index in [1.807, 2.05) is 9.80 Å². The number of hydrogen-bond acceptors (Lipinski definition) is 6. The van der Waals surface area contributed by atoms with E-state index in [0.29, 0.717) is 57.6 Å². The number of halogens is 3. The molecule has 0 atom stereocenters. The van der Waals surface area contributed by atoms with Crippen LogP contribution in [0.5, 0.6) is 0 Å². The molecule has 0 unspecified atom stereocenters. The number of fused-ring (bicyclic) bond motifs is 2. The largest absolute Gasteiger partial charge is 0.433 e. The number of aromatic amines is 1. The predicted octanol–water partition coefficient (Wildman–Crippen LogP) is 2.50. The van der Waals surface area contributed by atoms with Gasteiger partial charge >= 0.3 is 6.18 Å². The summed E-state index contributed by atoms with van der Waals surface area (Å²) in [6.45, 7) is 3.73. The Balaban J connectivity index is 1.38. The highest BCUT2D eigenvalue weighted by Crippen LogP contribution is 2.45. The van der Waals surface area contributed by atoms with Crippen LogP contribution >= 0.6 is 0 Å². The number of ether oxygens (including phenoxy) is 1. The molecular formula is C21H24F3N5O2. The van der Waals surface area contributed by atoms with Crippen LogP contribution < -0.4 is 15.4 Å². The van der Waals surface area contributed by atoms with Gasteiger partial charge in [-0.1, -0.05) is 6.07 Å². The molecule has 2 aromatic heterocycles. The van der Waals surface area contributed by atoms with E-state index in [0.717, 1.165) is 36.6 Å². The molecule has 1 spiro atoms. The lowest BCUT2D eigenvalue weighted by molar-refractivity contribution is -0.141. The molecule has 5 rings (SSSR count). The summed E-state index contributed by atoms with van der Waals surface area (Å²) in [5.41, 5.74) is 0.463. The van der Waals surface area contributed by atoms with Gasteiger partial charge < -0.3 is 14.5 Å². The number of anilines is 2. The zero-order valence-electron chi connectivity index (χ0n) is 17.0. The van der Waals surface area contributed by atoms with Crippen molar-refractivity contribution in [3.63, 3.8) is 0 Å². The fourth-order valence-electron chi connectivity index (χ4n) is 4.97. The van der Waals surface area contributed by atoms with Crippen molar-refractivity contribution in [1.82, 2.24) is 15.0 Å². The maximum absolute atomic E-state index is 13.0. The van der Waals surface area contributed by atoms with Crippen molar-refractivity contribution in [1.29, 1.82) is 0 Å². The van der Waals surface area contributed by atoms with Crippen molar-refractivity contribution in [3.05, 3.63) is 45.5 Å². The number of rotatable bonds is 2. The van der Waals surface area contributed by atoms with Crippen LogP contribution in [0.25, 0.3) is 0 Å². The highest BCUT2D eigenvalue weighted by atomic mass is 19.4. The van der Waals surface area contributed by atoms with E-state index >= 15 is 0 Å². The van der Waals surface area contributed by atoms with Crippen LogP contribution in [0.2, 0.25) is 0 Å². The van der Waals surface area contributed by atoms with Gasteiger partial charge in [0.05, 0.1) is 18.9 Å². The molecule has 2 aromatic rings. The molecule has 7 nitrogen and oxygen atoms in total. The first kappa shape index (κ1) is 20.3. The Labute approximate surface area is 177 Å². The van der Waals surface area contributed by atoms with E-state index in [2.05, 4.69) is 9.97 Å². The van der Waals surface area contributed by atoms with Gasteiger partial charge in [-0.2, -0.15) is 13.2 Å². The second-order valence-corrected chi connectivity index (χ2v) is 8.46. The number of aromatic nitrogens is 3. The maximum Gasteiger partial charge on any atom is 0.433 e.